The Hall–Kier alpha value is -3.32. The molecular weight excluding hydrogens is 367 g/mol. The molecule has 0 spiro atoms. The topological polar surface area (TPSA) is 58.6 Å². The Bertz CT molecular complexity index is 954. The lowest BCUT2D eigenvalue weighted by Crippen LogP contribution is -2.53. The number of halogens is 1. The van der Waals surface area contributed by atoms with E-state index in [-0.39, 0.29) is 23.0 Å². The van der Waals surface area contributed by atoms with Gasteiger partial charge in [0.15, 0.2) is 5.11 Å². The molecule has 1 aliphatic rings. The van der Waals surface area contributed by atoms with E-state index in [9.17, 15) is 14.0 Å². The number of carbonyl (C=O) groups is 2. The van der Waals surface area contributed by atoms with E-state index in [1.807, 2.05) is 0 Å². The third-order valence-corrected chi connectivity index (χ3v) is 4.08. The van der Waals surface area contributed by atoms with E-state index in [1.54, 1.807) is 24.3 Å². The van der Waals surface area contributed by atoms with Crippen LogP contribution in [0.2, 0.25) is 0 Å². The molecule has 5 nitrogen and oxygen atoms in total. The predicted molar refractivity (Wildman–Crippen MR) is 104 cm³/mol. The lowest BCUT2D eigenvalue weighted by Gasteiger charge is -2.27. The van der Waals surface area contributed by atoms with E-state index in [4.69, 9.17) is 17.0 Å². The van der Waals surface area contributed by atoms with Crippen LogP contribution in [0, 0.1) is 5.82 Å². The summed E-state index contributed by atoms with van der Waals surface area (Å²) in [5.41, 5.74) is 0.451. The summed E-state index contributed by atoms with van der Waals surface area (Å²) in [5, 5.41) is 2.53. The van der Waals surface area contributed by atoms with Gasteiger partial charge in [0, 0.05) is 12.1 Å². The Morgan fingerprint density at radius 2 is 1.85 bits per heavy atom. The molecule has 0 atom stereocenters. The van der Waals surface area contributed by atoms with E-state index in [0.717, 1.165) is 0 Å². The second kappa shape index (κ2) is 7.92. The van der Waals surface area contributed by atoms with Gasteiger partial charge in [-0.3, -0.25) is 19.8 Å². The van der Waals surface area contributed by atoms with E-state index in [1.165, 1.54) is 41.3 Å². The number of benzene rings is 2. The third kappa shape index (κ3) is 4.09. The molecule has 0 bridgehead atoms. The number of rotatable bonds is 5. The minimum Gasteiger partial charge on any atom is -0.457 e. The summed E-state index contributed by atoms with van der Waals surface area (Å²) in [6.45, 7) is 3.77. The van der Waals surface area contributed by atoms with Crippen LogP contribution in [0.25, 0.3) is 6.08 Å². The van der Waals surface area contributed by atoms with E-state index in [0.29, 0.717) is 17.1 Å². The summed E-state index contributed by atoms with van der Waals surface area (Å²) in [7, 11) is 0. The largest absolute Gasteiger partial charge is 0.457 e. The maximum absolute atomic E-state index is 13.1. The second-order valence-electron chi connectivity index (χ2n) is 5.62. The molecule has 0 aliphatic carbocycles. The molecule has 3 rings (SSSR count). The molecule has 1 fully saturated rings. The molecule has 1 N–H and O–H groups in total. The van der Waals surface area contributed by atoms with Crippen molar-refractivity contribution in [3.63, 3.8) is 0 Å². The first kappa shape index (κ1) is 18.5. The summed E-state index contributed by atoms with van der Waals surface area (Å²) in [6.07, 6.45) is 2.96. The minimum absolute atomic E-state index is 0.0397. The standard InChI is InChI=1S/C20H15FN2O3S/c1-2-11-23-19(25)16(18(24)22-20(23)27)12-13-5-3-4-6-17(13)26-15-9-7-14(21)8-10-15/h2-10,12H,1,11H2,(H,22,24,27). The molecule has 1 aliphatic heterocycles. The maximum atomic E-state index is 13.1. The van der Waals surface area contributed by atoms with Crippen LogP contribution >= 0.6 is 12.2 Å². The average molecular weight is 382 g/mol. The van der Waals surface area contributed by atoms with Gasteiger partial charge in [-0.1, -0.05) is 24.3 Å². The van der Waals surface area contributed by atoms with Crippen LogP contribution in [0.1, 0.15) is 5.56 Å². The summed E-state index contributed by atoms with van der Waals surface area (Å²) < 4.78 is 18.8. The van der Waals surface area contributed by atoms with Gasteiger partial charge in [0.2, 0.25) is 0 Å². The first-order chi connectivity index (χ1) is 13.0. The highest BCUT2D eigenvalue weighted by molar-refractivity contribution is 7.80. The van der Waals surface area contributed by atoms with Gasteiger partial charge in [-0.05, 0) is 48.6 Å². The van der Waals surface area contributed by atoms with E-state index < -0.39 is 11.8 Å². The van der Waals surface area contributed by atoms with Gasteiger partial charge in [-0.15, -0.1) is 6.58 Å². The first-order valence-corrected chi connectivity index (χ1v) is 8.42. The number of amides is 2. The minimum atomic E-state index is -0.582. The molecule has 2 amide bonds. The summed E-state index contributed by atoms with van der Waals surface area (Å²) in [4.78, 5) is 26.1. The number of thiocarbonyl (C=S) groups is 1. The number of carbonyl (C=O) groups excluding carboxylic acids is 2. The zero-order valence-corrected chi connectivity index (χ0v) is 15.0. The van der Waals surface area contributed by atoms with Crippen LogP contribution in [-0.4, -0.2) is 28.4 Å². The average Bonchev–Trinajstić information content (AvgIpc) is 2.65. The summed E-state index contributed by atoms with van der Waals surface area (Å²) in [5.74, 6) is -0.626. The van der Waals surface area contributed by atoms with Gasteiger partial charge in [-0.25, -0.2) is 4.39 Å². The quantitative estimate of drug-likeness (QED) is 0.373. The van der Waals surface area contributed by atoms with Crippen molar-refractivity contribution in [1.29, 1.82) is 0 Å². The Morgan fingerprint density at radius 1 is 1.15 bits per heavy atom. The molecular formula is C20H15FN2O3S. The lowest BCUT2D eigenvalue weighted by molar-refractivity contribution is -0.128. The van der Waals surface area contributed by atoms with Crippen molar-refractivity contribution in [3.8, 4) is 11.5 Å². The van der Waals surface area contributed by atoms with Crippen LogP contribution in [0.5, 0.6) is 11.5 Å². The van der Waals surface area contributed by atoms with Crippen LogP contribution in [0.4, 0.5) is 4.39 Å². The van der Waals surface area contributed by atoms with E-state index >= 15 is 0 Å². The van der Waals surface area contributed by atoms with Gasteiger partial charge in [0.05, 0.1) is 0 Å². The Balaban J connectivity index is 1.95. The van der Waals surface area contributed by atoms with Gasteiger partial charge >= 0.3 is 0 Å². The fourth-order valence-electron chi connectivity index (χ4n) is 2.47. The van der Waals surface area contributed by atoms with Crippen LogP contribution < -0.4 is 10.1 Å². The SMILES string of the molecule is C=CCN1C(=O)C(=Cc2ccccc2Oc2ccc(F)cc2)C(=O)NC1=S. The molecule has 2 aromatic rings. The smallest absolute Gasteiger partial charge is 0.265 e. The lowest BCUT2D eigenvalue weighted by atomic mass is 10.1. The molecule has 136 valence electrons. The number of nitrogens with zero attached hydrogens (tertiary/aromatic N) is 1. The van der Waals surface area contributed by atoms with Crippen molar-refractivity contribution in [1.82, 2.24) is 10.2 Å². The van der Waals surface area contributed by atoms with Crippen LogP contribution in [-0.2, 0) is 9.59 Å². The molecule has 0 aromatic heterocycles. The van der Waals surface area contributed by atoms with Gasteiger partial charge in [0.25, 0.3) is 11.8 Å². The monoisotopic (exact) mass is 382 g/mol. The summed E-state index contributed by atoms with van der Waals surface area (Å²) in [6, 6.07) is 12.4. The summed E-state index contributed by atoms with van der Waals surface area (Å²) >= 11 is 5.03. The zero-order chi connectivity index (χ0) is 19.4. The normalized spacial score (nSPS) is 15.7. The Morgan fingerprint density at radius 3 is 2.56 bits per heavy atom. The Kier molecular flexibility index (Phi) is 5.42. The Labute approximate surface area is 160 Å². The molecule has 27 heavy (non-hydrogen) atoms. The van der Waals surface area contributed by atoms with Crippen molar-refractivity contribution < 1.29 is 18.7 Å². The zero-order valence-electron chi connectivity index (χ0n) is 14.1. The van der Waals surface area contributed by atoms with Gasteiger partial charge in [-0.2, -0.15) is 0 Å². The van der Waals surface area contributed by atoms with Crippen molar-refractivity contribution >= 4 is 35.2 Å². The highest BCUT2D eigenvalue weighted by Crippen LogP contribution is 2.28. The maximum Gasteiger partial charge on any atom is 0.265 e. The fourth-order valence-corrected chi connectivity index (χ4v) is 2.72. The molecule has 1 saturated heterocycles. The van der Waals surface area contributed by atoms with Crippen LogP contribution in [0.3, 0.4) is 0 Å². The van der Waals surface area contributed by atoms with E-state index in [2.05, 4.69) is 11.9 Å². The molecule has 0 saturated carbocycles. The van der Waals surface area contributed by atoms with Crippen molar-refractivity contribution in [2.75, 3.05) is 6.54 Å². The van der Waals surface area contributed by atoms with Crippen molar-refractivity contribution in [2.24, 2.45) is 0 Å². The van der Waals surface area contributed by atoms with Crippen molar-refractivity contribution in [3.05, 3.63) is 78.1 Å². The molecule has 2 aromatic carbocycles. The highest BCUT2D eigenvalue weighted by Gasteiger charge is 2.32. The third-order valence-electron chi connectivity index (χ3n) is 3.76. The molecule has 0 radical (unpaired) electrons. The molecule has 7 heteroatoms. The number of para-hydroxylation sites is 1. The first-order valence-electron chi connectivity index (χ1n) is 8.02. The van der Waals surface area contributed by atoms with Crippen molar-refractivity contribution in [2.45, 2.75) is 0 Å². The number of ether oxygens (including phenoxy) is 1. The number of hydrogen-bond donors (Lipinski definition) is 1. The molecule has 0 unspecified atom stereocenters. The second-order valence-corrected chi connectivity index (χ2v) is 6.00. The molecule has 1 heterocycles. The number of nitrogens with one attached hydrogen (secondary N) is 1. The van der Waals surface area contributed by atoms with Gasteiger partial charge in [0.1, 0.15) is 22.9 Å². The van der Waals surface area contributed by atoms with Gasteiger partial charge < -0.3 is 4.74 Å². The van der Waals surface area contributed by atoms with Crippen LogP contribution in [0.15, 0.2) is 66.8 Å². The fraction of sp³-hybridized carbons (Fsp3) is 0.0500. The highest BCUT2D eigenvalue weighted by atomic mass is 32.1. The number of hydrogen-bond acceptors (Lipinski definition) is 4. The predicted octanol–water partition coefficient (Wildman–Crippen LogP) is 3.43.